The van der Waals surface area contributed by atoms with Gasteiger partial charge in [-0.1, -0.05) is 18.2 Å². The lowest BCUT2D eigenvalue weighted by Crippen LogP contribution is -2.38. The third-order valence-electron chi connectivity index (χ3n) is 4.33. The molecule has 1 aromatic heterocycles. The molecule has 1 aliphatic rings. The number of benzene rings is 1. The molecule has 3 rings (SSSR count). The second-order valence-electron chi connectivity index (χ2n) is 6.25. The van der Waals surface area contributed by atoms with Gasteiger partial charge in [0.15, 0.2) is 5.11 Å². The standard InChI is InChI=1S/C20H20N4O2S2/c1-13-5-3-7-16(14(13)2)23-19(27)22-9-10-24-18(25)17(28-20(24)26)11-15-6-4-8-21-12-15/h3-8,11-12H,9-10H2,1-2H3,(H2,22,23,27)/b17-11-. The Bertz CT molecular complexity index is 944. The summed E-state index contributed by atoms with van der Waals surface area (Å²) in [5.41, 5.74) is 4.01. The van der Waals surface area contributed by atoms with Gasteiger partial charge in [-0.2, -0.15) is 0 Å². The minimum Gasteiger partial charge on any atom is -0.361 e. The van der Waals surface area contributed by atoms with Gasteiger partial charge in [0, 0.05) is 31.2 Å². The highest BCUT2D eigenvalue weighted by Gasteiger charge is 2.34. The lowest BCUT2D eigenvalue weighted by atomic mass is 10.1. The molecule has 1 saturated heterocycles. The van der Waals surface area contributed by atoms with E-state index in [0.717, 1.165) is 28.6 Å². The van der Waals surface area contributed by atoms with Crippen LogP contribution in [-0.4, -0.2) is 39.2 Å². The molecule has 1 aromatic carbocycles. The zero-order valence-electron chi connectivity index (χ0n) is 15.6. The van der Waals surface area contributed by atoms with E-state index in [9.17, 15) is 9.59 Å². The summed E-state index contributed by atoms with van der Waals surface area (Å²) in [6.45, 7) is 4.67. The minimum absolute atomic E-state index is 0.240. The van der Waals surface area contributed by atoms with Crippen molar-refractivity contribution >= 4 is 52.0 Å². The normalized spacial score (nSPS) is 15.2. The van der Waals surface area contributed by atoms with Gasteiger partial charge in [0.25, 0.3) is 11.1 Å². The molecule has 28 heavy (non-hydrogen) atoms. The minimum atomic E-state index is -0.297. The van der Waals surface area contributed by atoms with Crippen molar-refractivity contribution in [3.05, 3.63) is 64.3 Å². The van der Waals surface area contributed by atoms with E-state index in [0.29, 0.717) is 16.6 Å². The van der Waals surface area contributed by atoms with Crippen LogP contribution in [0.2, 0.25) is 0 Å². The maximum Gasteiger partial charge on any atom is 0.293 e. The highest BCUT2D eigenvalue weighted by molar-refractivity contribution is 8.18. The number of imide groups is 1. The molecule has 0 spiro atoms. The molecule has 1 fully saturated rings. The first-order valence-corrected chi connectivity index (χ1v) is 9.94. The summed E-state index contributed by atoms with van der Waals surface area (Å²) < 4.78 is 0. The number of nitrogens with zero attached hydrogens (tertiary/aromatic N) is 2. The highest BCUT2D eigenvalue weighted by Crippen LogP contribution is 2.31. The van der Waals surface area contributed by atoms with Crippen molar-refractivity contribution in [3.8, 4) is 0 Å². The van der Waals surface area contributed by atoms with Crippen molar-refractivity contribution in [2.24, 2.45) is 0 Å². The van der Waals surface area contributed by atoms with E-state index in [1.54, 1.807) is 24.5 Å². The Morgan fingerprint density at radius 1 is 1.25 bits per heavy atom. The van der Waals surface area contributed by atoms with Gasteiger partial charge in [-0.25, -0.2) is 0 Å². The number of nitrogens with one attached hydrogen (secondary N) is 2. The first-order chi connectivity index (χ1) is 13.5. The zero-order chi connectivity index (χ0) is 20.1. The molecule has 6 nitrogen and oxygen atoms in total. The fourth-order valence-corrected chi connectivity index (χ4v) is 3.72. The molecular formula is C20H20N4O2S2. The fourth-order valence-electron chi connectivity index (χ4n) is 2.64. The zero-order valence-corrected chi connectivity index (χ0v) is 17.2. The molecule has 0 bridgehead atoms. The van der Waals surface area contributed by atoms with Crippen LogP contribution >= 0.6 is 24.0 Å². The van der Waals surface area contributed by atoms with Gasteiger partial charge < -0.3 is 10.6 Å². The number of aromatic nitrogens is 1. The number of hydrogen-bond donors (Lipinski definition) is 2. The number of rotatable bonds is 5. The smallest absolute Gasteiger partial charge is 0.293 e. The molecule has 0 unspecified atom stereocenters. The van der Waals surface area contributed by atoms with Gasteiger partial charge in [0.05, 0.1) is 4.91 Å². The highest BCUT2D eigenvalue weighted by atomic mass is 32.2. The number of aryl methyl sites for hydroxylation is 1. The van der Waals surface area contributed by atoms with Crippen LogP contribution in [0.4, 0.5) is 10.5 Å². The number of carbonyl (C=O) groups is 2. The molecule has 0 atom stereocenters. The largest absolute Gasteiger partial charge is 0.361 e. The Morgan fingerprint density at radius 2 is 2.07 bits per heavy atom. The lowest BCUT2D eigenvalue weighted by molar-refractivity contribution is -0.122. The van der Waals surface area contributed by atoms with Crippen LogP contribution in [0.15, 0.2) is 47.6 Å². The number of thiocarbonyl (C=S) groups is 1. The van der Waals surface area contributed by atoms with E-state index in [1.165, 1.54) is 10.5 Å². The van der Waals surface area contributed by atoms with Gasteiger partial charge in [-0.3, -0.25) is 19.5 Å². The van der Waals surface area contributed by atoms with Gasteiger partial charge in [-0.15, -0.1) is 0 Å². The molecule has 2 heterocycles. The van der Waals surface area contributed by atoms with Crippen LogP contribution in [0.3, 0.4) is 0 Å². The van der Waals surface area contributed by atoms with Gasteiger partial charge in [0.2, 0.25) is 0 Å². The topological polar surface area (TPSA) is 74.3 Å². The van der Waals surface area contributed by atoms with Crippen molar-refractivity contribution in [1.82, 2.24) is 15.2 Å². The van der Waals surface area contributed by atoms with Crippen molar-refractivity contribution in [3.63, 3.8) is 0 Å². The number of thioether (sulfide) groups is 1. The lowest BCUT2D eigenvalue weighted by Gasteiger charge is -2.16. The summed E-state index contributed by atoms with van der Waals surface area (Å²) in [4.78, 5) is 30.3. The Labute approximate surface area is 173 Å². The molecule has 144 valence electrons. The third-order valence-corrected chi connectivity index (χ3v) is 5.48. The van der Waals surface area contributed by atoms with Crippen LogP contribution in [0.5, 0.6) is 0 Å². The van der Waals surface area contributed by atoms with E-state index in [1.807, 2.05) is 38.1 Å². The van der Waals surface area contributed by atoms with Crippen molar-refractivity contribution in [2.45, 2.75) is 13.8 Å². The summed E-state index contributed by atoms with van der Waals surface area (Å²) in [5, 5.41) is 6.36. The summed E-state index contributed by atoms with van der Waals surface area (Å²) in [7, 11) is 0. The number of pyridine rings is 1. The molecule has 0 saturated carbocycles. The van der Waals surface area contributed by atoms with Crippen LogP contribution in [-0.2, 0) is 4.79 Å². The average Bonchev–Trinajstić information content (AvgIpc) is 2.93. The second kappa shape index (κ2) is 8.99. The molecule has 8 heteroatoms. The molecule has 0 aliphatic carbocycles. The molecule has 1 aliphatic heterocycles. The monoisotopic (exact) mass is 412 g/mol. The van der Waals surface area contributed by atoms with E-state index >= 15 is 0 Å². The van der Waals surface area contributed by atoms with Crippen LogP contribution in [0, 0.1) is 13.8 Å². The van der Waals surface area contributed by atoms with Crippen molar-refractivity contribution < 1.29 is 9.59 Å². The third kappa shape index (κ3) is 4.76. The molecule has 0 radical (unpaired) electrons. The molecule has 2 amide bonds. The van der Waals surface area contributed by atoms with E-state index in [2.05, 4.69) is 15.6 Å². The van der Waals surface area contributed by atoms with Crippen LogP contribution in [0.25, 0.3) is 6.08 Å². The first kappa shape index (κ1) is 20.0. The average molecular weight is 413 g/mol. The van der Waals surface area contributed by atoms with E-state index in [4.69, 9.17) is 12.2 Å². The number of amides is 2. The summed E-state index contributed by atoms with van der Waals surface area (Å²) >= 11 is 6.25. The Hall–Kier alpha value is -2.71. The van der Waals surface area contributed by atoms with Gasteiger partial charge in [0.1, 0.15) is 0 Å². The maximum atomic E-state index is 12.5. The predicted molar refractivity (Wildman–Crippen MR) is 117 cm³/mol. The summed E-state index contributed by atoms with van der Waals surface area (Å²) in [5.74, 6) is -0.297. The Kier molecular flexibility index (Phi) is 6.43. The molecule has 2 N–H and O–H groups in total. The van der Waals surface area contributed by atoms with Crippen LogP contribution in [0.1, 0.15) is 16.7 Å². The van der Waals surface area contributed by atoms with Crippen molar-refractivity contribution in [2.75, 3.05) is 18.4 Å². The number of anilines is 1. The number of hydrogen-bond acceptors (Lipinski definition) is 5. The van der Waals surface area contributed by atoms with Crippen LogP contribution < -0.4 is 10.6 Å². The maximum absolute atomic E-state index is 12.5. The second-order valence-corrected chi connectivity index (χ2v) is 7.65. The van der Waals surface area contributed by atoms with E-state index in [-0.39, 0.29) is 17.7 Å². The molecule has 2 aromatic rings. The summed E-state index contributed by atoms with van der Waals surface area (Å²) in [6.07, 6.45) is 4.98. The van der Waals surface area contributed by atoms with Gasteiger partial charge in [-0.05, 0) is 72.7 Å². The Balaban J connectivity index is 1.54. The van der Waals surface area contributed by atoms with Gasteiger partial charge >= 0.3 is 0 Å². The first-order valence-electron chi connectivity index (χ1n) is 8.72. The van der Waals surface area contributed by atoms with E-state index < -0.39 is 0 Å². The predicted octanol–water partition coefficient (Wildman–Crippen LogP) is 3.72. The quantitative estimate of drug-likeness (QED) is 0.573. The van der Waals surface area contributed by atoms with Crippen molar-refractivity contribution in [1.29, 1.82) is 0 Å². The number of carbonyl (C=O) groups excluding carboxylic acids is 2. The fraction of sp³-hybridized carbons (Fsp3) is 0.200. The molecular weight excluding hydrogens is 392 g/mol. The SMILES string of the molecule is Cc1cccc(NC(=S)NCCN2C(=O)S/C(=C\c3cccnc3)C2=O)c1C. The summed E-state index contributed by atoms with van der Waals surface area (Å²) in [6, 6.07) is 9.57. The Morgan fingerprint density at radius 3 is 2.82 bits per heavy atom.